The number of aromatic nitrogens is 2. The molecule has 0 aliphatic rings. The molecular weight excluding hydrogens is 353 g/mol. The van der Waals surface area contributed by atoms with E-state index in [1.807, 2.05) is 0 Å². The number of carbonyl (C=O) groups is 1. The van der Waals surface area contributed by atoms with E-state index in [0.29, 0.717) is 5.82 Å². The standard InChI is InChI=1S/C18H16FN5O3/c1-23-10-9-20-17(23)16(14-7-2-3-8-15(14)19)22-18(25)21-12-5-4-6-13(11-12)24(26)27/h2-11,16H,1H3,(H2,21,22,25)/t16-/m1/s1. The van der Waals surface area contributed by atoms with Crippen molar-refractivity contribution in [1.29, 1.82) is 0 Å². The van der Waals surface area contributed by atoms with Gasteiger partial charge >= 0.3 is 6.03 Å². The number of rotatable bonds is 5. The number of hydrogen-bond acceptors (Lipinski definition) is 4. The van der Waals surface area contributed by atoms with E-state index >= 15 is 0 Å². The number of benzene rings is 2. The predicted octanol–water partition coefficient (Wildman–Crippen LogP) is 3.38. The van der Waals surface area contributed by atoms with Gasteiger partial charge in [0.05, 0.1) is 4.92 Å². The second-order valence-corrected chi connectivity index (χ2v) is 5.76. The van der Waals surface area contributed by atoms with Crippen molar-refractivity contribution in [3.63, 3.8) is 0 Å². The van der Waals surface area contributed by atoms with E-state index in [1.165, 1.54) is 30.3 Å². The summed E-state index contributed by atoms with van der Waals surface area (Å²) in [7, 11) is 1.73. The summed E-state index contributed by atoms with van der Waals surface area (Å²) in [5.41, 5.74) is 0.345. The van der Waals surface area contributed by atoms with Gasteiger partial charge in [-0.1, -0.05) is 24.3 Å². The Morgan fingerprint density at radius 3 is 2.70 bits per heavy atom. The van der Waals surface area contributed by atoms with Crippen LogP contribution >= 0.6 is 0 Å². The summed E-state index contributed by atoms with van der Waals surface area (Å²) in [6.45, 7) is 0. The van der Waals surface area contributed by atoms with Crippen molar-refractivity contribution in [2.45, 2.75) is 6.04 Å². The lowest BCUT2D eigenvalue weighted by Crippen LogP contribution is -2.35. The van der Waals surface area contributed by atoms with Gasteiger partial charge in [0.1, 0.15) is 17.7 Å². The Labute approximate surface area is 153 Å². The quantitative estimate of drug-likeness (QED) is 0.532. The van der Waals surface area contributed by atoms with Crippen molar-refractivity contribution in [2.75, 3.05) is 5.32 Å². The van der Waals surface area contributed by atoms with E-state index in [1.54, 1.807) is 42.2 Å². The molecule has 0 unspecified atom stereocenters. The van der Waals surface area contributed by atoms with Crippen LogP contribution in [-0.4, -0.2) is 20.5 Å². The predicted molar refractivity (Wildman–Crippen MR) is 96.7 cm³/mol. The number of urea groups is 1. The van der Waals surface area contributed by atoms with Gasteiger partial charge in [-0.25, -0.2) is 14.2 Å². The molecule has 0 aliphatic heterocycles. The summed E-state index contributed by atoms with van der Waals surface area (Å²) in [6.07, 6.45) is 3.23. The average Bonchev–Trinajstić information content (AvgIpc) is 3.06. The number of carbonyl (C=O) groups excluding carboxylic acids is 1. The highest BCUT2D eigenvalue weighted by Gasteiger charge is 2.23. The smallest absolute Gasteiger partial charge is 0.320 e. The van der Waals surface area contributed by atoms with E-state index in [4.69, 9.17) is 0 Å². The zero-order valence-electron chi connectivity index (χ0n) is 14.3. The summed E-state index contributed by atoms with van der Waals surface area (Å²) in [4.78, 5) is 26.9. The van der Waals surface area contributed by atoms with Crippen molar-refractivity contribution >= 4 is 17.4 Å². The lowest BCUT2D eigenvalue weighted by atomic mass is 10.1. The van der Waals surface area contributed by atoms with Gasteiger partial charge in [0.25, 0.3) is 5.69 Å². The number of halogens is 1. The minimum atomic E-state index is -0.843. The zero-order chi connectivity index (χ0) is 19.4. The molecule has 2 N–H and O–H groups in total. The van der Waals surface area contributed by atoms with Crippen LogP contribution < -0.4 is 10.6 Å². The zero-order valence-corrected chi connectivity index (χ0v) is 14.3. The molecule has 1 atom stereocenters. The first-order valence-electron chi connectivity index (χ1n) is 7.99. The first-order valence-corrected chi connectivity index (χ1v) is 7.99. The molecule has 1 aromatic heterocycles. The molecule has 0 bridgehead atoms. The van der Waals surface area contributed by atoms with Gasteiger partial charge in [-0.2, -0.15) is 0 Å². The van der Waals surface area contributed by atoms with Crippen LogP contribution in [0.15, 0.2) is 60.9 Å². The van der Waals surface area contributed by atoms with Crippen LogP contribution in [0.2, 0.25) is 0 Å². The number of anilines is 1. The third kappa shape index (κ3) is 4.09. The summed E-state index contributed by atoms with van der Waals surface area (Å²) in [5, 5.41) is 16.1. The van der Waals surface area contributed by atoms with E-state index in [0.717, 1.165) is 0 Å². The molecule has 0 saturated carbocycles. The number of imidazole rings is 1. The van der Waals surface area contributed by atoms with Crippen molar-refractivity contribution in [1.82, 2.24) is 14.9 Å². The summed E-state index contributed by atoms with van der Waals surface area (Å²) in [6, 6.07) is 10.1. The number of aryl methyl sites for hydroxylation is 1. The topological polar surface area (TPSA) is 102 Å². The normalized spacial score (nSPS) is 11.6. The molecule has 2 aromatic carbocycles. The molecule has 1 heterocycles. The maximum absolute atomic E-state index is 14.3. The fourth-order valence-electron chi connectivity index (χ4n) is 2.64. The Balaban J connectivity index is 1.85. The van der Waals surface area contributed by atoms with Gasteiger partial charge in [0.15, 0.2) is 0 Å². The second-order valence-electron chi connectivity index (χ2n) is 5.76. The maximum atomic E-state index is 14.3. The van der Waals surface area contributed by atoms with Crippen LogP contribution in [0, 0.1) is 15.9 Å². The van der Waals surface area contributed by atoms with Crippen molar-refractivity contribution < 1.29 is 14.1 Å². The minimum absolute atomic E-state index is 0.150. The fraction of sp³-hybridized carbons (Fsp3) is 0.111. The van der Waals surface area contributed by atoms with E-state index in [-0.39, 0.29) is 16.9 Å². The highest BCUT2D eigenvalue weighted by Crippen LogP contribution is 2.23. The average molecular weight is 369 g/mol. The molecule has 0 spiro atoms. The maximum Gasteiger partial charge on any atom is 0.320 e. The van der Waals surface area contributed by atoms with Gasteiger partial charge in [0, 0.05) is 42.8 Å². The lowest BCUT2D eigenvalue weighted by molar-refractivity contribution is -0.384. The Bertz CT molecular complexity index is 988. The van der Waals surface area contributed by atoms with Crippen LogP contribution in [0.5, 0.6) is 0 Å². The first kappa shape index (κ1) is 18.1. The SMILES string of the molecule is Cn1ccnc1[C@H](NC(=O)Nc1cccc([N+](=O)[O-])c1)c1ccccc1F. The molecule has 2 amide bonds. The van der Waals surface area contributed by atoms with Crippen LogP contribution in [0.4, 0.5) is 20.6 Å². The Hall–Kier alpha value is -3.75. The number of nitrogens with one attached hydrogen (secondary N) is 2. The van der Waals surface area contributed by atoms with Crippen LogP contribution in [0.3, 0.4) is 0 Å². The van der Waals surface area contributed by atoms with E-state index in [2.05, 4.69) is 15.6 Å². The van der Waals surface area contributed by atoms with Crippen molar-refractivity contribution in [3.05, 3.63) is 88.2 Å². The number of nitro groups is 1. The molecule has 0 aliphatic carbocycles. The highest BCUT2D eigenvalue weighted by molar-refractivity contribution is 5.90. The molecule has 0 fully saturated rings. The Kier molecular flexibility index (Phi) is 5.11. The summed E-state index contributed by atoms with van der Waals surface area (Å²) < 4.78 is 16.0. The van der Waals surface area contributed by atoms with E-state index in [9.17, 15) is 19.3 Å². The van der Waals surface area contributed by atoms with Crippen LogP contribution in [0.25, 0.3) is 0 Å². The van der Waals surface area contributed by atoms with Gasteiger partial charge in [0.2, 0.25) is 0 Å². The van der Waals surface area contributed by atoms with Gasteiger partial charge < -0.3 is 15.2 Å². The summed E-state index contributed by atoms with van der Waals surface area (Å²) >= 11 is 0. The number of non-ortho nitro benzene ring substituents is 1. The number of hydrogen-bond donors (Lipinski definition) is 2. The highest BCUT2D eigenvalue weighted by atomic mass is 19.1. The molecular formula is C18H16FN5O3. The monoisotopic (exact) mass is 369 g/mol. The first-order chi connectivity index (χ1) is 13.0. The fourth-order valence-corrected chi connectivity index (χ4v) is 2.64. The molecule has 138 valence electrons. The number of nitrogens with zero attached hydrogens (tertiary/aromatic N) is 3. The Morgan fingerprint density at radius 1 is 1.26 bits per heavy atom. The molecule has 0 radical (unpaired) electrons. The van der Waals surface area contributed by atoms with Gasteiger partial charge in [-0.05, 0) is 12.1 Å². The summed E-state index contributed by atoms with van der Waals surface area (Å²) in [5.74, 6) is -0.0459. The van der Waals surface area contributed by atoms with Crippen LogP contribution in [0.1, 0.15) is 17.4 Å². The third-order valence-corrected chi connectivity index (χ3v) is 3.92. The van der Waals surface area contributed by atoms with Crippen molar-refractivity contribution in [3.8, 4) is 0 Å². The molecule has 0 saturated heterocycles. The third-order valence-electron chi connectivity index (χ3n) is 3.92. The number of nitro benzene ring substituents is 1. The lowest BCUT2D eigenvalue weighted by Gasteiger charge is -2.20. The minimum Gasteiger partial charge on any atom is -0.336 e. The van der Waals surface area contributed by atoms with Gasteiger partial charge in [-0.15, -0.1) is 0 Å². The molecule has 3 aromatic rings. The van der Waals surface area contributed by atoms with E-state index < -0.39 is 22.8 Å². The largest absolute Gasteiger partial charge is 0.336 e. The second kappa shape index (κ2) is 7.65. The number of amides is 2. The molecule has 8 nitrogen and oxygen atoms in total. The Morgan fingerprint density at radius 2 is 2.04 bits per heavy atom. The van der Waals surface area contributed by atoms with Crippen LogP contribution in [-0.2, 0) is 7.05 Å². The van der Waals surface area contributed by atoms with Gasteiger partial charge in [-0.3, -0.25) is 10.1 Å². The molecule has 27 heavy (non-hydrogen) atoms. The molecule has 9 heteroatoms. The molecule has 3 rings (SSSR count). The van der Waals surface area contributed by atoms with Crippen molar-refractivity contribution in [2.24, 2.45) is 7.05 Å².